The van der Waals surface area contributed by atoms with Crippen LogP contribution in [0.1, 0.15) is 18.7 Å². The van der Waals surface area contributed by atoms with E-state index in [4.69, 9.17) is 4.74 Å². The van der Waals surface area contributed by atoms with E-state index in [1.165, 1.54) is 0 Å². The zero-order chi connectivity index (χ0) is 8.27. The van der Waals surface area contributed by atoms with E-state index in [2.05, 4.69) is 20.9 Å². The molecular weight excluding hydrogens is 206 g/mol. The van der Waals surface area contributed by atoms with Gasteiger partial charge in [0.25, 0.3) is 0 Å². The molecule has 0 aliphatic rings. The minimum Gasteiger partial charge on any atom is -0.375 e. The summed E-state index contributed by atoms with van der Waals surface area (Å²) >= 11 is 3.29. The maximum absolute atomic E-state index is 5.11. The lowest BCUT2D eigenvalue weighted by Crippen LogP contribution is -1.98. The summed E-state index contributed by atoms with van der Waals surface area (Å²) in [6.07, 6.45) is 0.0625. The van der Waals surface area contributed by atoms with Crippen molar-refractivity contribution in [2.24, 2.45) is 0 Å². The fourth-order valence-corrected chi connectivity index (χ4v) is 1.13. The molecule has 2 nitrogen and oxygen atoms in total. The molecule has 0 saturated heterocycles. The van der Waals surface area contributed by atoms with Crippen LogP contribution in [-0.4, -0.2) is 12.1 Å². The summed E-state index contributed by atoms with van der Waals surface area (Å²) in [7, 11) is 1.67. The van der Waals surface area contributed by atoms with Crippen molar-refractivity contribution in [3.8, 4) is 0 Å². The number of halogens is 1. The predicted molar refractivity (Wildman–Crippen MR) is 47.4 cm³/mol. The highest BCUT2D eigenvalue weighted by Gasteiger charge is 2.03. The topological polar surface area (TPSA) is 22.1 Å². The molecule has 1 aromatic rings. The molecule has 0 amide bonds. The minimum absolute atomic E-state index is 0.0625. The van der Waals surface area contributed by atoms with Gasteiger partial charge in [-0.3, -0.25) is 0 Å². The van der Waals surface area contributed by atoms with Crippen LogP contribution in [0, 0.1) is 0 Å². The van der Waals surface area contributed by atoms with E-state index in [9.17, 15) is 0 Å². The fraction of sp³-hybridized carbons (Fsp3) is 0.375. The van der Waals surface area contributed by atoms with Crippen molar-refractivity contribution in [1.82, 2.24) is 4.98 Å². The van der Waals surface area contributed by atoms with Crippen LogP contribution in [0.3, 0.4) is 0 Å². The summed E-state index contributed by atoms with van der Waals surface area (Å²) in [6, 6.07) is 5.78. The van der Waals surface area contributed by atoms with Crippen LogP contribution in [0.2, 0.25) is 0 Å². The van der Waals surface area contributed by atoms with Gasteiger partial charge in [-0.2, -0.15) is 0 Å². The van der Waals surface area contributed by atoms with E-state index >= 15 is 0 Å². The van der Waals surface area contributed by atoms with Gasteiger partial charge in [0.05, 0.1) is 11.8 Å². The van der Waals surface area contributed by atoms with Gasteiger partial charge in [-0.1, -0.05) is 6.07 Å². The average molecular weight is 216 g/mol. The quantitative estimate of drug-likeness (QED) is 0.708. The van der Waals surface area contributed by atoms with Crippen molar-refractivity contribution in [1.29, 1.82) is 0 Å². The van der Waals surface area contributed by atoms with Gasteiger partial charge in [-0.15, -0.1) is 0 Å². The van der Waals surface area contributed by atoms with Crippen LogP contribution in [0.5, 0.6) is 0 Å². The van der Waals surface area contributed by atoms with E-state index in [-0.39, 0.29) is 6.10 Å². The van der Waals surface area contributed by atoms with E-state index < -0.39 is 0 Å². The molecule has 11 heavy (non-hydrogen) atoms. The molecule has 0 aliphatic carbocycles. The second-order valence-corrected chi connectivity index (χ2v) is 3.08. The number of rotatable bonds is 2. The zero-order valence-corrected chi connectivity index (χ0v) is 8.13. The van der Waals surface area contributed by atoms with Gasteiger partial charge in [0.1, 0.15) is 4.60 Å². The van der Waals surface area contributed by atoms with Crippen LogP contribution in [-0.2, 0) is 4.74 Å². The lowest BCUT2D eigenvalue weighted by Gasteiger charge is -2.07. The third-order valence-electron chi connectivity index (χ3n) is 1.51. The highest BCUT2D eigenvalue weighted by Crippen LogP contribution is 2.15. The smallest absolute Gasteiger partial charge is 0.106 e. The van der Waals surface area contributed by atoms with Gasteiger partial charge in [0, 0.05) is 7.11 Å². The summed E-state index contributed by atoms with van der Waals surface area (Å²) in [6.45, 7) is 1.97. The molecule has 1 heterocycles. The number of ether oxygens (including phenoxy) is 1. The summed E-state index contributed by atoms with van der Waals surface area (Å²) in [5.41, 5.74) is 0.946. The van der Waals surface area contributed by atoms with E-state index in [1.807, 2.05) is 25.1 Å². The molecule has 0 N–H and O–H groups in total. The molecule has 0 spiro atoms. The first-order chi connectivity index (χ1) is 5.24. The number of hydrogen-bond acceptors (Lipinski definition) is 2. The second-order valence-electron chi connectivity index (χ2n) is 2.26. The lowest BCUT2D eigenvalue weighted by atomic mass is 10.2. The van der Waals surface area contributed by atoms with E-state index in [1.54, 1.807) is 7.11 Å². The Labute approximate surface area is 74.7 Å². The summed E-state index contributed by atoms with van der Waals surface area (Å²) in [4.78, 5) is 4.24. The molecule has 60 valence electrons. The van der Waals surface area contributed by atoms with Gasteiger partial charge in [0.15, 0.2) is 0 Å². The van der Waals surface area contributed by atoms with Gasteiger partial charge in [0.2, 0.25) is 0 Å². The predicted octanol–water partition coefficient (Wildman–Crippen LogP) is 2.55. The Morgan fingerprint density at radius 3 is 2.82 bits per heavy atom. The Kier molecular flexibility index (Phi) is 3.02. The first-order valence-corrected chi connectivity index (χ1v) is 4.18. The third-order valence-corrected chi connectivity index (χ3v) is 1.95. The number of nitrogens with zero attached hydrogens (tertiary/aromatic N) is 1. The summed E-state index contributed by atoms with van der Waals surface area (Å²) in [5, 5.41) is 0. The molecule has 0 unspecified atom stereocenters. The SMILES string of the molecule is CO[C@@H](C)c1cccc(Br)n1. The van der Waals surface area contributed by atoms with Gasteiger partial charge >= 0.3 is 0 Å². The lowest BCUT2D eigenvalue weighted by molar-refractivity contribution is 0.116. The number of pyridine rings is 1. The largest absolute Gasteiger partial charge is 0.375 e. The van der Waals surface area contributed by atoms with Crippen LogP contribution >= 0.6 is 15.9 Å². The standard InChI is InChI=1S/C8H10BrNO/c1-6(11-2)7-4-3-5-8(9)10-7/h3-6H,1-2H3/t6-/m0/s1. The first-order valence-electron chi connectivity index (χ1n) is 3.39. The van der Waals surface area contributed by atoms with Crippen LogP contribution in [0.15, 0.2) is 22.8 Å². The molecule has 0 aromatic carbocycles. The highest BCUT2D eigenvalue weighted by atomic mass is 79.9. The van der Waals surface area contributed by atoms with Crippen molar-refractivity contribution in [2.45, 2.75) is 13.0 Å². The normalized spacial score (nSPS) is 13.0. The minimum atomic E-state index is 0.0625. The molecule has 0 radical (unpaired) electrons. The monoisotopic (exact) mass is 215 g/mol. The Bertz CT molecular complexity index is 239. The molecule has 0 aliphatic heterocycles. The van der Waals surface area contributed by atoms with Crippen molar-refractivity contribution in [2.75, 3.05) is 7.11 Å². The van der Waals surface area contributed by atoms with Crippen molar-refractivity contribution < 1.29 is 4.74 Å². The van der Waals surface area contributed by atoms with Crippen molar-refractivity contribution in [3.63, 3.8) is 0 Å². The van der Waals surface area contributed by atoms with Crippen LogP contribution < -0.4 is 0 Å². The zero-order valence-electron chi connectivity index (χ0n) is 6.54. The van der Waals surface area contributed by atoms with E-state index in [0.29, 0.717) is 0 Å². The van der Waals surface area contributed by atoms with E-state index in [0.717, 1.165) is 10.3 Å². The van der Waals surface area contributed by atoms with Gasteiger partial charge in [-0.25, -0.2) is 4.98 Å². The maximum atomic E-state index is 5.11. The van der Waals surface area contributed by atoms with Gasteiger partial charge in [-0.05, 0) is 35.0 Å². The maximum Gasteiger partial charge on any atom is 0.106 e. The second kappa shape index (κ2) is 3.83. The summed E-state index contributed by atoms with van der Waals surface area (Å²) < 4.78 is 5.95. The molecule has 1 rings (SSSR count). The molecule has 0 bridgehead atoms. The molecule has 1 aromatic heterocycles. The first kappa shape index (κ1) is 8.68. The molecule has 1 atom stereocenters. The Balaban J connectivity index is 2.86. The van der Waals surface area contributed by atoms with Crippen LogP contribution in [0.25, 0.3) is 0 Å². The average Bonchev–Trinajstić information content (AvgIpc) is 2.03. The van der Waals surface area contributed by atoms with Crippen LogP contribution in [0.4, 0.5) is 0 Å². The number of aromatic nitrogens is 1. The highest BCUT2D eigenvalue weighted by molar-refractivity contribution is 9.10. The molecule has 0 saturated carbocycles. The number of methoxy groups -OCH3 is 1. The molecule has 3 heteroatoms. The molecular formula is C8H10BrNO. The summed E-state index contributed by atoms with van der Waals surface area (Å²) in [5.74, 6) is 0. The fourth-order valence-electron chi connectivity index (χ4n) is 0.771. The van der Waals surface area contributed by atoms with Crippen molar-refractivity contribution >= 4 is 15.9 Å². The Hall–Kier alpha value is -0.410. The molecule has 0 fully saturated rings. The van der Waals surface area contributed by atoms with Gasteiger partial charge < -0.3 is 4.74 Å². The third kappa shape index (κ3) is 2.27. The Morgan fingerprint density at radius 1 is 1.55 bits per heavy atom. The van der Waals surface area contributed by atoms with Crippen molar-refractivity contribution in [3.05, 3.63) is 28.5 Å². The Morgan fingerprint density at radius 2 is 2.27 bits per heavy atom. The number of hydrogen-bond donors (Lipinski definition) is 0.